The molecule has 2 aromatic heterocycles. The van der Waals surface area contributed by atoms with Crippen molar-refractivity contribution < 1.29 is 8.98 Å². The molecule has 3 nitrogen and oxygen atoms in total. The first-order valence-corrected chi connectivity index (χ1v) is 17.4. The Morgan fingerprint density at radius 3 is 1.79 bits per heavy atom. The Labute approximate surface area is 272 Å². The highest BCUT2D eigenvalue weighted by Gasteiger charge is 2.29. The van der Waals surface area contributed by atoms with Gasteiger partial charge >= 0.3 is 0 Å². The van der Waals surface area contributed by atoms with Gasteiger partial charge in [-0.3, -0.25) is 0 Å². The van der Waals surface area contributed by atoms with E-state index in [-0.39, 0.29) is 0 Å². The predicted molar refractivity (Wildman–Crippen MR) is 197 cm³/mol. The zero-order valence-electron chi connectivity index (χ0n) is 25.4. The minimum Gasteiger partial charge on any atom is -0.455 e. The molecular weight excluding hydrogens is 593 g/mol. The topological polar surface area (TPSA) is 43.1 Å². The van der Waals surface area contributed by atoms with Crippen LogP contribution in [0.3, 0.4) is 0 Å². The van der Waals surface area contributed by atoms with Crippen LogP contribution in [0.2, 0.25) is 0 Å². The first-order valence-electron chi connectivity index (χ1n) is 15.7. The number of furan rings is 1. The van der Waals surface area contributed by atoms with Crippen molar-refractivity contribution in [2.75, 3.05) is 0 Å². The Bertz CT molecular complexity index is 2600. The smallest absolute Gasteiger partial charge is 0.171 e. The summed E-state index contributed by atoms with van der Waals surface area (Å²) in [5.41, 5.74) is 6.56. The molecule has 0 spiro atoms. The molecule has 9 aromatic rings. The molecule has 0 amide bonds. The van der Waals surface area contributed by atoms with E-state index in [1.54, 1.807) is 0 Å². The molecule has 0 aliphatic heterocycles. The number of rotatable bonds is 5. The molecule has 0 atom stereocenters. The maximum atomic E-state index is 15.0. The van der Waals surface area contributed by atoms with E-state index in [1.165, 1.54) is 0 Å². The van der Waals surface area contributed by atoms with Crippen LogP contribution in [0.4, 0.5) is 0 Å². The number of hydrogen-bond acceptors (Lipinski definition) is 3. The third-order valence-corrected chi connectivity index (χ3v) is 12.2. The lowest BCUT2D eigenvalue weighted by atomic mass is 9.98. The van der Waals surface area contributed by atoms with Crippen LogP contribution in [-0.2, 0) is 4.57 Å². The number of hydrogen-bond donors (Lipinski definition) is 0. The second-order valence-corrected chi connectivity index (χ2v) is 14.7. The van der Waals surface area contributed by atoms with Crippen molar-refractivity contribution in [3.05, 3.63) is 170 Å². The fraction of sp³-hybridized carbons (Fsp3) is 0. The highest BCUT2D eigenvalue weighted by Crippen LogP contribution is 2.44. The number of nitrogens with zero attached hydrogens (tertiary/aromatic N) is 1. The molecule has 0 unspecified atom stereocenters. The van der Waals surface area contributed by atoms with Crippen LogP contribution in [0.15, 0.2) is 174 Å². The summed E-state index contributed by atoms with van der Waals surface area (Å²) >= 11 is 0. The summed E-state index contributed by atoms with van der Waals surface area (Å²) in [6.45, 7) is 0. The van der Waals surface area contributed by atoms with Crippen LogP contribution in [0.1, 0.15) is 0 Å². The number of aromatic nitrogens is 1. The van der Waals surface area contributed by atoms with Crippen LogP contribution in [0.5, 0.6) is 0 Å². The normalized spacial score (nSPS) is 11.9. The lowest BCUT2D eigenvalue weighted by Crippen LogP contribution is -2.25. The third kappa shape index (κ3) is 4.51. The van der Waals surface area contributed by atoms with Crippen molar-refractivity contribution in [2.45, 2.75) is 0 Å². The minimum atomic E-state index is -3.09. The maximum Gasteiger partial charge on any atom is 0.171 e. The maximum absolute atomic E-state index is 15.0. The van der Waals surface area contributed by atoms with E-state index in [0.29, 0.717) is 0 Å². The highest BCUT2D eigenvalue weighted by molar-refractivity contribution is 7.85. The fourth-order valence-corrected chi connectivity index (χ4v) is 9.48. The van der Waals surface area contributed by atoms with Gasteiger partial charge in [-0.05, 0) is 46.2 Å². The first kappa shape index (κ1) is 27.5. The third-order valence-electron chi connectivity index (χ3n) is 9.11. The van der Waals surface area contributed by atoms with Crippen molar-refractivity contribution in [3.8, 4) is 22.4 Å². The number of benzene rings is 7. The summed E-state index contributed by atoms with van der Waals surface area (Å²) in [5.74, 6) is 0. The second-order valence-electron chi connectivity index (χ2n) is 11.9. The van der Waals surface area contributed by atoms with Gasteiger partial charge in [0, 0.05) is 32.2 Å². The Balaban J connectivity index is 1.18. The number of fused-ring (bicyclic) bond motifs is 6. The van der Waals surface area contributed by atoms with E-state index in [0.717, 1.165) is 81.9 Å². The Morgan fingerprint density at radius 1 is 0.468 bits per heavy atom. The van der Waals surface area contributed by atoms with Gasteiger partial charge < -0.3 is 8.98 Å². The van der Waals surface area contributed by atoms with Crippen molar-refractivity contribution in [3.63, 3.8) is 0 Å². The summed E-state index contributed by atoms with van der Waals surface area (Å²) in [4.78, 5) is 5.27. The van der Waals surface area contributed by atoms with Gasteiger partial charge in [-0.15, -0.1) is 0 Å². The predicted octanol–water partition coefficient (Wildman–Crippen LogP) is 10.3. The van der Waals surface area contributed by atoms with Gasteiger partial charge in [-0.2, -0.15) is 0 Å². The Hall–Kier alpha value is -5.76. The summed E-state index contributed by atoms with van der Waals surface area (Å²) in [5, 5.41) is 7.84. The average Bonchev–Trinajstić information content (AvgIpc) is 3.54. The molecule has 0 saturated carbocycles. The van der Waals surface area contributed by atoms with Crippen LogP contribution < -0.4 is 15.9 Å². The molecule has 0 fully saturated rings. The fourth-order valence-electron chi connectivity index (χ4n) is 6.78. The first-order chi connectivity index (χ1) is 23.2. The van der Waals surface area contributed by atoms with Crippen molar-refractivity contribution >= 4 is 66.7 Å². The van der Waals surface area contributed by atoms with Crippen molar-refractivity contribution in [1.82, 2.24) is 4.98 Å². The molecule has 7 aromatic carbocycles. The van der Waals surface area contributed by atoms with Crippen LogP contribution in [-0.4, -0.2) is 4.98 Å². The molecule has 0 saturated heterocycles. The molecule has 222 valence electrons. The lowest BCUT2D eigenvalue weighted by molar-refractivity contribution is 0.592. The standard InChI is InChI=1S/C43H28NO2P/c45-47(34-15-3-1-4-16-34,35-17-5-2-6-18-35)36-19-11-14-31(26-36)29-22-24-30(25-23-29)42-41-37-20-9-10-21-40(37)46-43(41)38-27-32-12-7-8-13-33(32)28-39(38)44-42/h1-28H. The van der Waals surface area contributed by atoms with Gasteiger partial charge in [0.05, 0.1) is 16.6 Å². The summed E-state index contributed by atoms with van der Waals surface area (Å²) in [6, 6.07) is 57.2. The van der Waals surface area contributed by atoms with Gasteiger partial charge in [-0.1, -0.05) is 146 Å². The van der Waals surface area contributed by atoms with Crippen LogP contribution in [0.25, 0.3) is 66.0 Å². The van der Waals surface area contributed by atoms with Gasteiger partial charge in [-0.25, -0.2) is 4.98 Å². The zero-order valence-corrected chi connectivity index (χ0v) is 26.3. The average molecular weight is 622 g/mol. The molecule has 4 heteroatoms. The largest absolute Gasteiger partial charge is 0.455 e. The Morgan fingerprint density at radius 2 is 1.06 bits per heavy atom. The minimum absolute atomic E-state index is 0.812. The number of pyridine rings is 1. The quantitative estimate of drug-likeness (QED) is 0.142. The number of para-hydroxylation sites is 1. The highest BCUT2D eigenvalue weighted by atomic mass is 31.2. The van der Waals surface area contributed by atoms with E-state index in [2.05, 4.69) is 78.9 Å². The van der Waals surface area contributed by atoms with Gasteiger partial charge in [0.2, 0.25) is 0 Å². The van der Waals surface area contributed by atoms with Crippen LogP contribution >= 0.6 is 7.14 Å². The SMILES string of the molecule is O=P(c1ccccc1)(c1ccccc1)c1cccc(-c2ccc(-c3nc4cc5ccccc5cc4c4oc5ccccc5c34)cc2)c1. The molecule has 0 radical (unpaired) electrons. The zero-order chi connectivity index (χ0) is 31.4. The molecule has 47 heavy (non-hydrogen) atoms. The van der Waals surface area contributed by atoms with E-state index in [9.17, 15) is 0 Å². The van der Waals surface area contributed by atoms with Crippen molar-refractivity contribution in [1.29, 1.82) is 0 Å². The van der Waals surface area contributed by atoms with Gasteiger partial charge in [0.1, 0.15) is 11.2 Å². The molecule has 0 N–H and O–H groups in total. The molecule has 0 bridgehead atoms. The summed E-state index contributed by atoms with van der Waals surface area (Å²) in [7, 11) is -3.09. The summed E-state index contributed by atoms with van der Waals surface area (Å²) in [6.07, 6.45) is 0. The molecular formula is C43H28NO2P. The summed E-state index contributed by atoms with van der Waals surface area (Å²) < 4.78 is 21.5. The molecule has 2 heterocycles. The Kier molecular flexibility index (Phi) is 6.41. The molecule has 0 aliphatic rings. The van der Waals surface area contributed by atoms with Crippen molar-refractivity contribution in [2.24, 2.45) is 0 Å². The van der Waals surface area contributed by atoms with E-state index in [1.807, 2.05) is 91.0 Å². The van der Waals surface area contributed by atoms with E-state index >= 15 is 4.57 Å². The monoisotopic (exact) mass is 621 g/mol. The molecule has 9 rings (SSSR count). The second kappa shape index (κ2) is 10.9. The van der Waals surface area contributed by atoms with E-state index < -0.39 is 7.14 Å². The molecule has 0 aliphatic carbocycles. The lowest BCUT2D eigenvalue weighted by Gasteiger charge is -2.20. The van der Waals surface area contributed by atoms with Crippen LogP contribution in [0, 0.1) is 0 Å². The van der Waals surface area contributed by atoms with Gasteiger partial charge in [0.25, 0.3) is 0 Å². The van der Waals surface area contributed by atoms with Gasteiger partial charge in [0.15, 0.2) is 7.14 Å². The van der Waals surface area contributed by atoms with E-state index in [4.69, 9.17) is 9.40 Å².